The van der Waals surface area contributed by atoms with Gasteiger partial charge in [0.2, 0.25) is 0 Å². The number of rotatable bonds is 5. The molecule has 112 valence electrons. The molecule has 2 heterocycles. The zero-order chi connectivity index (χ0) is 14.7. The summed E-state index contributed by atoms with van der Waals surface area (Å²) in [4.78, 5) is 15.4. The van der Waals surface area contributed by atoms with Crippen LogP contribution in [-0.2, 0) is 11.3 Å². The molecule has 0 aliphatic heterocycles. The average molecular weight is 307 g/mol. The fourth-order valence-corrected chi connectivity index (χ4v) is 3.29. The van der Waals surface area contributed by atoms with E-state index in [1.807, 2.05) is 16.8 Å². The summed E-state index contributed by atoms with van der Waals surface area (Å²) in [6.07, 6.45) is 3.39. The standard InChI is InChI=1S/C14H17N3O3S/c18-14(19)9-2-1-3-11(6-9)15-7-12-16-13(20-17-12)10-4-5-21-8-10/h4-5,8-9,11,15H,1-3,6-7H2,(H,18,19). The van der Waals surface area contributed by atoms with Crippen LogP contribution in [0.4, 0.5) is 0 Å². The van der Waals surface area contributed by atoms with Gasteiger partial charge >= 0.3 is 5.97 Å². The minimum atomic E-state index is -0.694. The van der Waals surface area contributed by atoms with Gasteiger partial charge in [-0.15, -0.1) is 0 Å². The third-order valence-electron chi connectivity index (χ3n) is 3.81. The van der Waals surface area contributed by atoms with Gasteiger partial charge in [0.05, 0.1) is 18.0 Å². The highest BCUT2D eigenvalue weighted by Crippen LogP contribution is 2.25. The molecule has 2 unspecified atom stereocenters. The first-order valence-electron chi connectivity index (χ1n) is 7.03. The smallest absolute Gasteiger partial charge is 0.306 e. The van der Waals surface area contributed by atoms with E-state index in [1.54, 1.807) is 11.3 Å². The Labute approximate surface area is 126 Å². The van der Waals surface area contributed by atoms with Gasteiger partial charge in [0.25, 0.3) is 5.89 Å². The fraction of sp³-hybridized carbons (Fsp3) is 0.500. The number of hydrogen-bond donors (Lipinski definition) is 2. The Hall–Kier alpha value is -1.73. The maximum atomic E-state index is 11.0. The second-order valence-electron chi connectivity index (χ2n) is 5.31. The zero-order valence-corrected chi connectivity index (χ0v) is 12.3. The molecule has 0 saturated heterocycles. The van der Waals surface area contributed by atoms with Crippen LogP contribution >= 0.6 is 11.3 Å². The predicted octanol–water partition coefficient (Wildman–Crippen LogP) is 2.53. The molecule has 2 aromatic heterocycles. The monoisotopic (exact) mass is 307 g/mol. The normalized spacial score (nSPS) is 22.3. The van der Waals surface area contributed by atoms with E-state index < -0.39 is 5.97 Å². The average Bonchev–Trinajstić information content (AvgIpc) is 3.16. The third-order valence-corrected chi connectivity index (χ3v) is 4.49. The molecular weight excluding hydrogens is 290 g/mol. The van der Waals surface area contributed by atoms with Crippen LogP contribution in [0.15, 0.2) is 21.3 Å². The first-order chi connectivity index (χ1) is 10.2. The summed E-state index contributed by atoms with van der Waals surface area (Å²) < 4.78 is 5.22. The quantitative estimate of drug-likeness (QED) is 0.882. The van der Waals surface area contributed by atoms with Crippen LogP contribution in [0.2, 0.25) is 0 Å². The third kappa shape index (κ3) is 3.48. The Balaban J connectivity index is 1.54. The molecule has 1 saturated carbocycles. The molecule has 0 aromatic carbocycles. The van der Waals surface area contributed by atoms with Gasteiger partial charge in [-0.3, -0.25) is 4.79 Å². The topological polar surface area (TPSA) is 88.2 Å². The highest BCUT2D eigenvalue weighted by molar-refractivity contribution is 7.08. The summed E-state index contributed by atoms with van der Waals surface area (Å²) >= 11 is 1.58. The van der Waals surface area contributed by atoms with Crippen molar-refractivity contribution in [2.24, 2.45) is 5.92 Å². The van der Waals surface area contributed by atoms with Crippen molar-refractivity contribution in [1.82, 2.24) is 15.5 Å². The number of thiophene rings is 1. The highest BCUT2D eigenvalue weighted by atomic mass is 32.1. The molecule has 0 radical (unpaired) electrons. The molecule has 6 nitrogen and oxygen atoms in total. The van der Waals surface area contributed by atoms with Crippen LogP contribution in [0.25, 0.3) is 11.5 Å². The molecule has 1 aliphatic rings. The summed E-state index contributed by atoms with van der Waals surface area (Å²) in [6.45, 7) is 0.505. The van der Waals surface area contributed by atoms with Crippen LogP contribution in [0.1, 0.15) is 31.5 Å². The summed E-state index contributed by atoms with van der Waals surface area (Å²) in [5.74, 6) is 0.206. The number of hydrogen-bond acceptors (Lipinski definition) is 6. The Morgan fingerprint density at radius 3 is 3.19 bits per heavy atom. The first-order valence-corrected chi connectivity index (χ1v) is 7.98. The van der Waals surface area contributed by atoms with Gasteiger partial charge in [-0.05, 0) is 30.7 Å². The second-order valence-corrected chi connectivity index (χ2v) is 6.09. The summed E-state index contributed by atoms with van der Waals surface area (Å²) in [6, 6.07) is 2.15. The molecule has 21 heavy (non-hydrogen) atoms. The molecule has 2 atom stereocenters. The Kier molecular flexibility index (Phi) is 4.31. The molecule has 1 fully saturated rings. The van der Waals surface area contributed by atoms with E-state index in [0.29, 0.717) is 24.7 Å². The minimum absolute atomic E-state index is 0.211. The number of carbonyl (C=O) groups is 1. The van der Waals surface area contributed by atoms with E-state index in [0.717, 1.165) is 24.8 Å². The molecule has 0 spiro atoms. The zero-order valence-electron chi connectivity index (χ0n) is 11.5. The number of aromatic nitrogens is 2. The van der Waals surface area contributed by atoms with Crippen molar-refractivity contribution in [2.75, 3.05) is 0 Å². The summed E-state index contributed by atoms with van der Waals surface area (Å²) in [5, 5.41) is 20.3. The van der Waals surface area contributed by atoms with E-state index in [9.17, 15) is 4.79 Å². The lowest BCUT2D eigenvalue weighted by molar-refractivity contribution is -0.143. The van der Waals surface area contributed by atoms with Gasteiger partial charge in [0, 0.05) is 11.4 Å². The van der Waals surface area contributed by atoms with Crippen molar-refractivity contribution >= 4 is 17.3 Å². The van der Waals surface area contributed by atoms with E-state index in [4.69, 9.17) is 9.63 Å². The maximum absolute atomic E-state index is 11.0. The molecule has 0 amide bonds. The van der Waals surface area contributed by atoms with Gasteiger partial charge in [0.1, 0.15) is 0 Å². The van der Waals surface area contributed by atoms with Crippen molar-refractivity contribution in [3.05, 3.63) is 22.7 Å². The SMILES string of the molecule is O=C(O)C1CCCC(NCc2noc(-c3ccsc3)n2)C1. The number of nitrogens with one attached hydrogen (secondary N) is 1. The molecule has 2 N–H and O–H groups in total. The summed E-state index contributed by atoms with van der Waals surface area (Å²) in [5.41, 5.74) is 0.933. The van der Waals surface area contributed by atoms with Gasteiger partial charge in [-0.1, -0.05) is 11.6 Å². The molecule has 0 bridgehead atoms. The van der Waals surface area contributed by atoms with Crippen LogP contribution in [-0.4, -0.2) is 27.3 Å². The number of carboxylic acids is 1. The number of nitrogens with zero attached hydrogens (tertiary/aromatic N) is 2. The van der Waals surface area contributed by atoms with E-state index >= 15 is 0 Å². The maximum Gasteiger partial charge on any atom is 0.306 e. The Bertz CT molecular complexity index is 596. The molecular formula is C14H17N3O3S. The fourth-order valence-electron chi connectivity index (χ4n) is 2.66. The van der Waals surface area contributed by atoms with Gasteiger partial charge in [-0.2, -0.15) is 16.3 Å². The number of carboxylic acid groups (broad SMARTS) is 1. The predicted molar refractivity (Wildman–Crippen MR) is 77.8 cm³/mol. The van der Waals surface area contributed by atoms with Crippen LogP contribution < -0.4 is 5.32 Å². The van der Waals surface area contributed by atoms with E-state index in [-0.39, 0.29) is 12.0 Å². The van der Waals surface area contributed by atoms with Crippen molar-refractivity contribution in [2.45, 2.75) is 38.3 Å². The minimum Gasteiger partial charge on any atom is -0.481 e. The van der Waals surface area contributed by atoms with Gasteiger partial charge in [-0.25, -0.2) is 0 Å². The van der Waals surface area contributed by atoms with Crippen LogP contribution in [0.3, 0.4) is 0 Å². The van der Waals surface area contributed by atoms with E-state index in [2.05, 4.69) is 15.5 Å². The molecule has 3 rings (SSSR count). The Morgan fingerprint density at radius 2 is 2.43 bits per heavy atom. The largest absolute Gasteiger partial charge is 0.481 e. The van der Waals surface area contributed by atoms with Gasteiger partial charge in [0.15, 0.2) is 5.82 Å². The first kappa shape index (κ1) is 14.2. The lowest BCUT2D eigenvalue weighted by atomic mass is 9.86. The summed E-state index contributed by atoms with van der Waals surface area (Å²) in [7, 11) is 0. The van der Waals surface area contributed by atoms with E-state index in [1.165, 1.54) is 0 Å². The molecule has 7 heteroatoms. The van der Waals surface area contributed by atoms with Crippen molar-refractivity contribution in [3.63, 3.8) is 0 Å². The Morgan fingerprint density at radius 1 is 1.52 bits per heavy atom. The second kappa shape index (κ2) is 6.36. The van der Waals surface area contributed by atoms with Crippen molar-refractivity contribution < 1.29 is 14.4 Å². The van der Waals surface area contributed by atoms with Crippen LogP contribution in [0, 0.1) is 5.92 Å². The van der Waals surface area contributed by atoms with Crippen LogP contribution in [0.5, 0.6) is 0 Å². The van der Waals surface area contributed by atoms with Gasteiger partial charge < -0.3 is 14.9 Å². The molecule has 2 aromatic rings. The van der Waals surface area contributed by atoms with Crippen molar-refractivity contribution in [3.8, 4) is 11.5 Å². The highest BCUT2D eigenvalue weighted by Gasteiger charge is 2.26. The lowest BCUT2D eigenvalue weighted by Gasteiger charge is -2.26. The molecule has 1 aliphatic carbocycles. The van der Waals surface area contributed by atoms with Crippen molar-refractivity contribution in [1.29, 1.82) is 0 Å². The lowest BCUT2D eigenvalue weighted by Crippen LogP contribution is -2.36. The number of aliphatic carboxylic acids is 1.